The van der Waals surface area contributed by atoms with Gasteiger partial charge in [-0.25, -0.2) is 13.2 Å². The topological polar surface area (TPSA) is 63.7 Å². The van der Waals surface area contributed by atoms with Crippen molar-refractivity contribution >= 4 is 15.9 Å². The monoisotopic (exact) mass is 269 g/mol. The molecule has 0 aromatic heterocycles. The lowest BCUT2D eigenvalue weighted by molar-refractivity contribution is 0.150. The first-order valence-corrected chi connectivity index (χ1v) is 7.50. The molecule has 6 heteroatoms. The number of carbonyl (C=O) groups excluding carboxylic acids is 1. The van der Waals surface area contributed by atoms with Crippen LogP contribution in [0.15, 0.2) is 30.3 Å². The fourth-order valence-electron chi connectivity index (χ4n) is 1.89. The van der Waals surface area contributed by atoms with Crippen LogP contribution in [0.5, 0.6) is 5.75 Å². The molecule has 1 aromatic carbocycles. The summed E-state index contributed by atoms with van der Waals surface area (Å²) >= 11 is 0. The highest BCUT2D eigenvalue weighted by atomic mass is 32.2. The molecule has 0 saturated carbocycles. The molecule has 5 nitrogen and oxygen atoms in total. The third kappa shape index (κ3) is 3.01. The number of carbonyl (C=O) groups is 1. The highest BCUT2D eigenvalue weighted by molar-refractivity contribution is 7.91. The van der Waals surface area contributed by atoms with E-state index in [-0.39, 0.29) is 17.5 Å². The number of rotatable bonds is 2. The molecule has 1 aliphatic heterocycles. The lowest BCUT2D eigenvalue weighted by atomic mass is 10.2. The third-order valence-corrected chi connectivity index (χ3v) is 4.74. The van der Waals surface area contributed by atoms with Gasteiger partial charge in [0.2, 0.25) is 0 Å². The van der Waals surface area contributed by atoms with Gasteiger partial charge in [0.05, 0.1) is 11.5 Å². The Balaban J connectivity index is 1.98. The standard InChI is InChI=1S/C12H15NO4S/c1-13(10-7-8-18(15,16)9-10)12(14)17-11-5-3-2-4-6-11/h2-6,10H,7-9H2,1H3. The molecule has 1 heterocycles. The maximum absolute atomic E-state index is 11.8. The van der Waals surface area contributed by atoms with E-state index < -0.39 is 15.9 Å². The van der Waals surface area contributed by atoms with Crippen molar-refractivity contribution in [1.82, 2.24) is 4.90 Å². The van der Waals surface area contributed by atoms with Gasteiger partial charge in [-0.2, -0.15) is 0 Å². The average molecular weight is 269 g/mol. The molecule has 1 fully saturated rings. The first-order chi connectivity index (χ1) is 8.48. The van der Waals surface area contributed by atoms with Crippen molar-refractivity contribution in [2.75, 3.05) is 18.6 Å². The summed E-state index contributed by atoms with van der Waals surface area (Å²) in [5.41, 5.74) is 0. The highest BCUT2D eigenvalue weighted by Gasteiger charge is 2.33. The SMILES string of the molecule is CN(C(=O)Oc1ccccc1)C1CCS(=O)(=O)C1. The molecule has 1 unspecified atom stereocenters. The number of sulfone groups is 1. The van der Waals surface area contributed by atoms with E-state index in [1.165, 1.54) is 4.90 Å². The smallest absolute Gasteiger partial charge is 0.410 e. The number of para-hydroxylation sites is 1. The van der Waals surface area contributed by atoms with E-state index in [0.29, 0.717) is 12.2 Å². The molecule has 0 radical (unpaired) electrons. The normalized spacial score (nSPS) is 21.5. The summed E-state index contributed by atoms with van der Waals surface area (Å²) in [5.74, 6) is 0.615. The van der Waals surface area contributed by atoms with Crippen LogP contribution in [0, 0.1) is 0 Å². The van der Waals surface area contributed by atoms with Crippen molar-refractivity contribution in [3.63, 3.8) is 0 Å². The lowest BCUT2D eigenvalue weighted by Crippen LogP contribution is -2.39. The molecule has 1 atom stereocenters. The van der Waals surface area contributed by atoms with Crippen molar-refractivity contribution in [2.24, 2.45) is 0 Å². The second-order valence-corrected chi connectivity index (χ2v) is 6.58. The van der Waals surface area contributed by atoms with Gasteiger partial charge >= 0.3 is 6.09 Å². The molecular weight excluding hydrogens is 254 g/mol. The quantitative estimate of drug-likeness (QED) is 0.812. The van der Waals surface area contributed by atoms with Crippen LogP contribution in [0.2, 0.25) is 0 Å². The zero-order valence-electron chi connectivity index (χ0n) is 10.1. The van der Waals surface area contributed by atoms with Gasteiger partial charge in [0.15, 0.2) is 9.84 Å². The minimum Gasteiger partial charge on any atom is -0.410 e. The molecule has 0 aliphatic carbocycles. The van der Waals surface area contributed by atoms with Crippen LogP contribution >= 0.6 is 0 Å². The van der Waals surface area contributed by atoms with Crippen molar-refractivity contribution in [2.45, 2.75) is 12.5 Å². The lowest BCUT2D eigenvalue weighted by Gasteiger charge is -2.22. The average Bonchev–Trinajstić information content (AvgIpc) is 2.70. The van der Waals surface area contributed by atoms with E-state index in [4.69, 9.17) is 4.74 Å². The van der Waals surface area contributed by atoms with E-state index in [1.54, 1.807) is 31.3 Å². The molecule has 1 aliphatic rings. The van der Waals surface area contributed by atoms with Crippen LogP contribution in [0.1, 0.15) is 6.42 Å². The Labute approximate surface area is 106 Å². The van der Waals surface area contributed by atoms with Crippen LogP contribution in [0.4, 0.5) is 4.79 Å². The van der Waals surface area contributed by atoms with Crippen LogP contribution in [0.3, 0.4) is 0 Å². The molecule has 1 saturated heterocycles. The Kier molecular flexibility index (Phi) is 3.56. The molecule has 0 spiro atoms. The Bertz CT molecular complexity index is 526. The number of nitrogens with zero attached hydrogens (tertiary/aromatic N) is 1. The van der Waals surface area contributed by atoms with Gasteiger partial charge in [-0.05, 0) is 18.6 Å². The Morgan fingerprint density at radius 2 is 2.00 bits per heavy atom. The molecular formula is C12H15NO4S. The summed E-state index contributed by atoms with van der Waals surface area (Å²) in [5, 5.41) is 0. The van der Waals surface area contributed by atoms with Crippen molar-refractivity contribution in [3.8, 4) is 5.75 Å². The zero-order valence-corrected chi connectivity index (χ0v) is 10.9. The molecule has 98 valence electrons. The zero-order chi connectivity index (χ0) is 13.2. The Morgan fingerprint density at radius 3 is 2.56 bits per heavy atom. The summed E-state index contributed by atoms with van der Waals surface area (Å²) in [6.07, 6.45) is -0.0498. The minimum atomic E-state index is -3.00. The Morgan fingerprint density at radius 1 is 1.33 bits per heavy atom. The summed E-state index contributed by atoms with van der Waals surface area (Å²) < 4.78 is 27.8. The number of hydrogen-bond donors (Lipinski definition) is 0. The van der Waals surface area contributed by atoms with Gasteiger partial charge in [-0.3, -0.25) is 0 Å². The van der Waals surface area contributed by atoms with Gasteiger partial charge in [0.1, 0.15) is 5.75 Å². The van der Waals surface area contributed by atoms with Crippen LogP contribution < -0.4 is 4.74 Å². The largest absolute Gasteiger partial charge is 0.415 e. The Hall–Kier alpha value is -1.56. The van der Waals surface area contributed by atoms with Gasteiger partial charge in [-0.1, -0.05) is 18.2 Å². The predicted molar refractivity (Wildman–Crippen MR) is 67.3 cm³/mol. The van der Waals surface area contributed by atoms with Gasteiger partial charge in [0.25, 0.3) is 0 Å². The highest BCUT2D eigenvalue weighted by Crippen LogP contribution is 2.18. The molecule has 0 bridgehead atoms. The molecule has 0 N–H and O–H groups in total. The predicted octanol–water partition coefficient (Wildman–Crippen LogP) is 1.30. The van der Waals surface area contributed by atoms with E-state index in [9.17, 15) is 13.2 Å². The second-order valence-electron chi connectivity index (χ2n) is 4.35. The van der Waals surface area contributed by atoms with Gasteiger partial charge < -0.3 is 9.64 Å². The fourth-order valence-corrected chi connectivity index (χ4v) is 3.67. The second kappa shape index (κ2) is 4.97. The summed E-state index contributed by atoms with van der Waals surface area (Å²) in [4.78, 5) is 13.2. The molecule has 1 aromatic rings. The summed E-state index contributed by atoms with van der Waals surface area (Å²) in [6, 6.07) is 8.43. The molecule has 18 heavy (non-hydrogen) atoms. The number of hydrogen-bond acceptors (Lipinski definition) is 4. The van der Waals surface area contributed by atoms with Crippen LogP contribution in [-0.4, -0.2) is 44.0 Å². The first kappa shape index (κ1) is 12.9. The first-order valence-electron chi connectivity index (χ1n) is 5.68. The van der Waals surface area contributed by atoms with Crippen LogP contribution in [-0.2, 0) is 9.84 Å². The molecule has 2 rings (SSSR count). The van der Waals surface area contributed by atoms with Gasteiger partial charge in [0, 0.05) is 13.1 Å². The van der Waals surface area contributed by atoms with Gasteiger partial charge in [-0.15, -0.1) is 0 Å². The fraction of sp³-hybridized carbons (Fsp3) is 0.417. The number of amides is 1. The van der Waals surface area contributed by atoms with E-state index in [1.807, 2.05) is 6.07 Å². The third-order valence-electron chi connectivity index (χ3n) is 2.99. The summed E-state index contributed by atoms with van der Waals surface area (Å²) in [7, 11) is -1.43. The van der Waals surface area contributed by atoms with E-state index >= 15 is 0 Å². The van der Waals surface area contributed by atoms with Crippen molar-refractivity contribution < 1.29 is 17.9 Å². The van der Waals surface area contributed by atoms with Crippen LogP contribution in [0.25, 0.3) is 0 Å². The summed E-state index contributed by atoms with van der Waals surface area (Å²) in [6.45, 7) is 0. The number of benzene rings is 1. The maximum Gasteiger partial charge on any atom is 0.415 e. The van der Waals surface area contributed by atoms with Crippen molar-refractivity contribution in [3.05, 3.63) is 30.3 Å². The number of ether oxygens (including phenoxy) is 1. The minimum absolute atomic E-state index is 0.0212. The van der Waals surface area contributed by atoms with E-state index in [2.05, 4.69) is 0 Å². The maximum atomic E-state index is 11.8. The van der Waals surface area contributed by atoms with Crippen molar-refractivity contribution in [1.29, 1.82) is 0 Å². The molecule has 1 amide bonds. The van der Waals surface area contributed by atoms with E-state index in [0.717, 1.165) is 0 Å².